The second-order valence-corrected chi connectivity index (χ2v) is 4.35. The Balaban J connectivity index is 2.58. The van der Waals surface area contributed by atoms with Crippen LogP contribution in [0.3, 0.4) is 0 Å². The zero-order valence-corrected chi connectivity index (χ0v) is 10.2. The van der Waals surface area contributed by atoms with Crippen LogP contribution in [0.15, 0.2) is 28.7 Å². The third-order valence-electron chi connectivity index (χ3n) is 1.88. The number of thiol groups is 1. The van der Waals surface area contributed by atoms with Gasteiger partial charge in [-0.05, 0) is 18.7 Å². The van der Waals surface area contributed by atoms with Crippen molar-refractivity contribution in [2.75, 3.05) is 19.3 Å². The number of halogens is 1. The molecule has 13 heavy (non-hydrogen) atoms. The third kappa shape index (κ3) is 3.71. The number of rotatable bonds is 4. The first-order valence-corrected chi connectivity index (χ1v) is 5.69. The van der Waals surface area contributed by atoms with Crippen LogP contribution in [0.2, 0.25) is 0 Å². The van der Waals surface area contributed by atoms with E-state index < -0.39 is 0 Å². The molecule has 3 heteroatoms. The average Bonchev–Trinajstić information content (AvgIpc) is 2.09. The maximum Gasteiger partial charge on any atom is 0.0242 e. The summed E-state index contributed by atoms with van der Waals surface area (Å²) in [4.78, 5) is 2.26. The van der Waals surface area contributed by atoms with Crippen LogP contribution >= 0.6 is 28.6 Å². The quantitative estimate of drug-likeness (QED) is 0.815. The molecule has 72 valence electrons. The molecular weight excluding hydrogens is 246 g/mol. The average molecular weight is 260 g/mol. The van der Waals surface area contributed by atoms with Crippen molar-refractivity contribution in [1.82, 2.24) is 4.90 Å². The topological polar surface area (TPSA) is 3.24 Å². The SMILES string of the molecule is CN(CCS)Cc1ccccc1Br. The van der Waals surface area contributed by atoms with E-state index in [1.807, 2.05) is 6.07 Å². The largest absolute Gasteiger partial charge is 0.301 e. The highest BCUT2D eigenvalue weighted by atomic mass is 79.9. The van der Waals surface area contributed by atoms with E-state index in [1.165, 1.54) is 10.0 Å². The Labute approximate surface area is 93.7 Å². The van der Waals surface area contributed by atoms with Crippen LogP contribution in [0.25, 0.3) is 0 Å². The predicted octanol–water partition coefficient (Wildman–Crippen LogP) is 2.81. The molecule has 0 atom stereocenters. The van der Waals surface area contributed by atoms with Crippen molar-refractivity contribution < 1.29 is 0 Å². The molecule has 0 aromatic heterocycles. The van der Waals surface area contributed by atoms with Crippen LogP contribution < -0.4 is 0 Å². The molecule has 0 heterocycles. The predicted molar refractivity (Wildman–Crippen MR) is 64.3 cm³/mol. The Hall–Kier alpha value is 0.01000. The Bertz CT molecular complexity index is 265. The third-order valence-corrected chi connectivity index (χ3v) is 2.85. The maximum atomic E-state index is 4.20. The second-order valence-electron chi connectivity index (χ2n) is 3.05. The van der Waals surface area contributed by atoms with E-state index >= 15 is 0 Å². The molecule has 0 aliphatic carbocycles. The van der Waals surface area contributed by atoms with Crippen LogP contribution in [0.5, 0.6) is 0 Å². The molecule has 1 rings (SSSR count). The Morgan fingerprint density at radius 1 is 1.38 bits per heavy atom. The molecule has 1 nitrogen and oxygen atoms in total. The summed E-state index contributed by atoms with van der Waals surface area (Å²) in [7, 11) is 2.11. The van der Waals surface area contributed by atoms with Crippen LogP contribution in [-0.4, -0.2) is 24.2 Å². The molecule has 1 aromatic carbocycles. The van der Waals surface area contributed by atoms with Crippen molar-refractivity contribution >= 4 is 28.6 Å². The molecule has 0 aliphatic heterocycles. The van der Waals surface area contributed by atoms with Gasteiger partial charge in [0.15, 0.2) is 0 Å². The summed E-state index contributed by atoms with van der Waals surface area (Å²) < 4.78 is 1.18. The number of benzene rings is 1. The van der Waals surface area contributed by atoms with Gasteiger partial charge in [0, 0.05) is 23.3 Å². The molecule has 0 fully saturated rings. The van der Waals surface area contributed by atoms with Crippen LogP contribution in [-0.2, 0) is 6.54 Å². The Morgan fingerprint density at radius 3 is 2.69 bits per heavy atom. The standard InChI is InChI=1S/C10H14BrNS/c1-12(6-7-13)8-9-4-2-3-5-10(9)11/h2-5,13H,6-8H2,1H3. The maximum absolute atomic E-state index is 4.20. The first-order valence-electron chi connectivity index (χ1n) is 4.27. The summed E-state index contributed by atoms with van der Waals surface area (Å²) in [6.07, 6.45) is 0. The van der Waals surface area contributed by atoms with E-state index in [0.29, 0.717) is 0 Å². The van der Waals surface area contributed by atoms with E-state index in [0.717, 1.165) is 18.8 Å². The summed E-state index contributed by atoms with van der Waals surface area (Å²) in [5.74, 6) is 0.904. The van der Waals surface area contributed by atoms with E-state index in [4.69, 9.17) is 0 Å². The van der Waals surface area contributed by atoms with Crippen molar-refractivity contribution in [1.29, 1.82) is 0 Å². The van der Waals surface area contributed by atoms with Crippen molar-refractivity contribution in [2.24, 2.45) is 0 Å². The summed E-state index contributed by atoms with van der Waals surface area (Å²) in [6, 6.07) is 8.31. The van der Waals surface area contributed by atoms with Gasteiger partial charge in [0.05, 0.1) is 0 Å². The van der Waals surface area contributed by atoms with Crippen molar-refractivity contribution in [3.63, 3.8) is 0 Å². The highest BCUT2D eigenvalue weighted by molar-refractivity contribution is 9.10. The second kappa shape index (κ2) is 5.68. The van der Waals surface area contributed by atoms with Crippen molar-refractivity contribution in [2.45, 2.75) is 6.54 Å². The first kappa shape index (κ1) is 11.1. The number of nitrogens with zero attached hydrogens (tertiary/aromatic N) is 1. The lowest BCUT2D eigenvalue weighted by molar-refractivity contribution is 0.348. The van der Waals surface area contributed by atoms with Gasteiger partial charge in [-0.1, -0.05) is 34.1 Å². The molecule has 0 amide bonds. The molecule has 0 N–H and O–H groups in total. The molecule has 0 saturated carbocycles. The van der Waals surface area contributed by atoms with Crippen molar-refractivity contribution in [3.05, 3.63) is 34.3 Å². The van der Waals surface area contributed by atoms with E-state index in [-0.39, 0.29) is 0 Å². The van der Waals surface area contributed by atoms with Crippen molar-refractivity contribution in [3.8, 4) is 0 Å². The first-order chi connectivity index (χ1) is 6.24. The van der Waals surface area contributed by atoms with Gasteiger partial charge >= 0.3 is 0 Å². The van der Waals surface area contributed by atoms with Gasteiger partial charge in [0.25, 0.3) is 0 Å². The normalized spacial score (nSPS) is 10.8. The Kier molecular flexibility index (Phi) is 4.84. The van der Waals surface area contributed by atoms with Crippen LogP contribution in [0.1, 0.15) is 5.56 Å². The molecule has 1 aromatic rings. The molecular formula is C10H14BrNS. The van der Waals surface area contributed by atoms with Gasteiger partial charge < -0.3 is 4.90 Å². The number of hydrogen-bond acceptors (Lipinski definition) is 2. The molecule has 0 unspecified atom stereocenters. The smallest absolute Gasteiger partial charge is 0.0242 e. The summed E-state index contributed by atoms with van der Waals surface area (Å²) in [5, 5.41) is 0. The highest BCUT2D eigenvalue weighted by Crippen LogP contribution is 2.16. The van der Waals surface area contributed by atoms with Gasteiger partial charge in [0.1, 0.15) is 0 Å². The lowest BCUT2D eigenvalue weighted by atomic mass is 10.2. The summed E-state index contributed by atoms with van der Waals surface area (Å²) in [5.41, 5.74) is 1.33. The fourth-order valence-corrected chi connectivity index (χ4v) is 1.92. The fraction of sp³-hybridized carbons (Fsp3) is 0.400. The van der Waals surface area contributed by atoms with E-state index in [9.17, 15) is 0 Å². The van der Waals surface area contributed by atoms with Gasteiger partial charge in [-0.15, -0.1) is 0 Å². The van der Waals surface area contributed by atoms with E-state index in [1.54, 1.807) is 0 Å². The van der Waals surface area contributed by atoms with Crippen LogP contribution in [0, 0.1) is 0 Å². The summed E-state index contributed by atoms with van der Waals surface area (Å²) in [6.45, 7) is 1.99. The number of hydrogen-bond donors (Lipinski definition) is 1. The summed E-state index contributed by atoms with van der Waals surface area (Å²) >= 11 is 7.73. The molecule has 0 aliphatic rings. The lowest BCUT2D eigenvalue weighted by Crippen LogP contribution is -2.20. The minimum absolute atomic E-state index is 0.904. The minimum atomic E-state index is 0.904. The molecule has 0 spiro atoms. The molecule has 0 radical (unpaired) electrons. The van der Waals surface area contributed by atoms with Gasteiger partial charge in [0.2, 0.25) is 0 Å². The monoisotopic (exact) mass is 259 g/mol. The van der Waals surface area contributed by atoms with Gasteiger partial charge in [-0.25, -0.2) is 0 Å². The molecule has 0 saturated heterocycles. The fourth-order valence-electron chi connectivity index (χ4n) is 1.17. The van der Waals surface area contributed by atoms with Gasteiger partial charge in [-0.2, -0.15) is 12.6 Å². The Morgan fingerprint density at radius 2 is 2.08 bits per heavy atom. The lowest BCUT2D eigenvalue weighted by Gasteiger charge is -2.15. The zero-order chi connectivity index (χ0) is 9.68. The van der Waals surface area contributed by atoms with Crippen LogP contribution in [0.4, 0.5) is 0 Å². The van der Waals surface area contributed by atoms with Gasteiger partial charge in [-0.3, -0.25) is 0 Å². The van der Waals surface area contributed by atoms with E-state index in [2.05, 4.69) is 58.7 Å². The minimum Gasteiger partial charge on any atom is -0.301 e. The highest BCUT2D eigenvalue weighted by Gasteiger charge is 2.01. The molecule has 0 bridgehead atoms. The zero-order valence-electron chi connectivity index (χ0n) is 7.70.